The van der Waals surface area contributed by atoms with Crippen molar-refractivity contribution in [2.75, 3.05) is 33.7 Å². The van der Waals surface area contributed by atoms with E-state index < -0.39 is 0 Å². The van der Waals surface area contributed by atoms with Gasteiger partial charge in [-0.05, 0) is 45.7 Å². The highest BCUT2D eigenvalue weighted by Crippen LogP contribution is 2.44. The predicted octanol–water partition coefficient (Wildman–Crippen LogP) is 1.81. The molecule has 0 amide bonds. The van der Waals surface area contributed by atoms with E-state index in [4.69, 9.17) is 9.47 Å². The van der Waals surface area contributed by atoms with Crippen LogP contribution in [0.3, 0.4) is 0 Å². The molecule has 2 fully saturated rings. The first-order valence-electron chi connectivity index (χ1n) is 6.89. The smallest absolute Gasteiger partial charge is 0.148 e. The van der Waals surface area contributed by atoms with E-state index in [0.717, 1.165) is 6.61 Å². The SMILES string of the molecule is CC[C@]12CCCN1[C@@H](COCOCNC)CC2.[HH]. The van der Waals surface area contributed by atoms with Crippen LogP contribution in [0.15, 0.2) is 0 Å². The van der Waals surface area contributed by atoms with Crippen LogP contribution in [-0.4, -0.2) is 50.2 Å². The normalized spacial score (nSPS) is 33.2. The van der Waals surface area contributed by atoms with Crippen LogP contribution in [0.4, 0.5) is 0 Å². The third-order valence-electron chi connectivity index (χ3n) is 4.42. The van der Waals surface area contributed by atoms with Gasteiger partial charge < -0.3 is 9.47 Å². The lowest BCUT2D eigenvalue weighted by Crippen LogP contribution is -2.43. The molecule has 2 aliphatic heterocycles. The Hall–Kier alpha value is -0.160. The van der Waals surface area contributed by atoms with E-state index in [1.54, 1.807) is 0 Å². The molecule has 0 spiro atoms. The van der Waals surface area contributed by atoms with Gasteiger partial charge in [0.1, 0.15) is 6.79 Å². The zero-order chi connectivity index (χ0) is 12.1. The molecular formula is C13H28N2O2. The largest absolute Gasteiger partial charge is 0.354 e. The molecular weight excluding hydrogens is 216 g/mol. The topological polar surface area (TPSA) is 33.7 Å². The summed E-state index contributed by atoms with van der Waals surface area (Å²) >= 11 is 0. The molecule has 2 saturated heterocycles. The van der Waals surface area contributed by atoms with Gasteiger partial charge in [-0.15, -0.1) is 0 Å². The van der Waals surface area contributed by atoms with Gasteiger partial charge in [0.05, 0.1) is 13.3 Å². The minimum atomic E-state index is 0. The highest BCUT2D eigenvalue weighted by molar-refractivity contribution is 5.03. The summed E-state index contributed by atoms with van der Waals surface area (Å²) in [5.41, 5.74) is 0.514. The van der Waals surface area contributed by atoms with Gasteiger partial charge in [0, 0.05) is 13.0 Å². The first kappa shape index (κ1) is 13.3. The van der Waals surface area contributed by atoms with Gasteiger partial charge in [-0.25, -0.2) is 0 Å². The molecule has 4 nitrogen and oxygen atoms in total. The summed E-state index contributed by atoms with van der Waals surface area (Å²) in [7, 11) is 1.87. The highest BCUT2D eigenvalue weighted by Gasteiger charge is 2.47. The molecule has 0 aromatic rings. The second-order valence-corrected chi connectivity index (χ2v) is 5.26. The van der Waals surface area contributed by atoms with Gasteiger partial charge in [-0.1, -0.05) is 6.92 Å². The van der Waals surface area contributed by atoms with Crippen molar-refractivity contribution in [2.24, 2.45) is 0 Å². The van der Waals surface area contributed by atoms with Crippen molar-refractivity contribution in [3.63, 3.8) is 0 Å². The monoisotopic (exact) mass is 244 g/mol. The molecule has 0 unspecified atom stereocenters. The summed E-state index contributed by atoms with van der Waals surface area (Å²) in [5.74, 6) is 0. The van der Waals surface area contributed by atoms with Crippen LogP contribution in [0.25, 0.3) is 0 Å². The van der Waals surface area contributed by atoms with E-state index in [1.807, 2.05) is 7.05 Å². The molecule has 2 atom stereocenters. The van der Waals surface area contributed by atoms with Gasteiger partial charge in [-0.2, -0.15) is 0 Å². The molecule has 0 aromatic carbocycles. The Bertz CT molecular complexity index is 243. The highest BCUT2D eigenvalue weighted by atomic mass is 16.7. The number of ether oxygens (including phenoxy) is 2. The maximum atomic E-state index is 5.61. The lowest BCUT2D eigenvalue weighted by Gasteiger charge is -2.34. The van der Waals surface area contributed by atoms with E-state index in [0.29, 0.717) is 25.1 Å². The van der Waals surface area contributed by atoms with Crippen LogP contribution in [0, 0.1) is 0 Å². The molecule has 0 aromatic heterocycles. The van der Waals surface area contributed by atoms with Crippen molar-refractivity contribution in [1.29, 1.82) is 0 Å². The fourth-order valence-electron chi connectivity index (χ4n) is 3.51. The summed E-state index contributed by atoms with van der Waals surface area (Å²) in [4.78, 5) is 2.70. The Morgan fingerprint density at radius 1 is 1.41 bits per heavy atom. The predicted molar refractivity (Wildman–Crippen MR) is 69.9 cm³/mol. The summed E-state index contributed by atoms with van der Waals surface area (Å²) in [6.07, 6.45) is 6.69. The molecule has 0 aliphatic carbocycles. The molecule has 0 bridgehead atoms. The number of nitrogens with zero attached hydrogens (tertiary/aromatic N) is 1. The van der Waals surface area contributed by atoms with E-state index in [9.17, 15) is 0 Å². The third kappa shape index (κ3) is 2.81. The maximum Gasteiger partial charge on any atom is 0.148 e. The quantitative estimate of drug-likeness (QED) is 0.547. The Balaban J connectivity index is 0.00000162. The number of nitrogens with one attached hydrogen (secondary N) is 1. The summed E-state index contributed by atoms with van der Waals surface area (Å²) in [5, 5.41) is 2.94. The van der Waals surface area contributed by atoms with Gasteiger partial charge in [0.25, 0.3) is 0 Å². The Morgan fingerprint density at radius 2 is 2.29 bits per heavy atom. The first-order valence-corrected chi connectivity index (χ1v) is 6.89. The molecule has 2 aliphatic rings. The summed E-state index contributed by atoms with van der Waals surface area (Å²) in [6.45, 7) is 5.39. The number of fused-ring (bicyclic) bond motifs is 1. The van der Waals surface area contributed by atoms with Crippen LogP contribution in [0.5, 0.6) is 0 Å². The second-order valence-electron chi connectivity index (χ2n) is 5.26. The second kappa shape index (κ2) is 6.14. The molecule has 2 heterocycles. The van der Waals surface area contributed by atoms with E-state index in [2.05, 4.69) is 17.1 Å². The Labute approximate surface area is 106 Å². The average molecular weight is 244 g/mol. The van der Waals surface area contributed by atoms with Gasteiger partial charge in [-0.3, -0.25) is 10.2 Å². The van der Waals surface area contributed by atoms with Crippen molar-refractivity contribution >= 4 is 0 Å². The molecule has 4 heteroatoms. The van der Waals surface area contributed by atoms with Crippen molar-refractivity contribution < 1.29 is 10.9 Å². The molecule has 102 valence electrons. The fraction of sp³-hybridized carbons (Fsp3) is 1.00. The minimum Gasteiger partial charge on any atom is -0.354 e. The van der Waals surface area contributed by atoms with E-state index in [-0.39, 0.29) is 1.43 Å². The summed E-state index contributed by atoms with van der Waals surface area (Å²) < 4.78 is 10.9. The number of hydrogen-bond acceptors (Lipinski definition) is 4. The van der Waals surface area contributed by atoms with Crippen molar-refractivity contribution in [3.8, 4) is 0 Å². The van der Waals surface area contributed by atoms with E-state index in [1.165, 1.54) is 38.6 Å². The van der Waals surface area contributed by atoms with Crippen molar-refractivity contribution in [1.82, 2.24) is 10.2 Å². The van der Waals surface area contributed by atoms with Gasteiger partial charge in [0.15, 0.2) is 0 Å². The number of rotatable bonds is 7. The van der Waals surface area contributed by atoms with Crippen LogP contribution in [-0.2, 0) is 9.47 Å². The van der Waals surface area contributed by atoms with Crippen molar-refractivity contribution in [3.05, 3.63) is 0 Å². The third-order valence-corrected chi connectivity index (χ3v) is 4.42. The molecule has 17 heavy (non-hydrogen) atoms. The number of hydrogen-bond donors (Lipinski definition) is 1. The maximum absolute atomic E-state index is 5.61. The average Bonchev–Trinajstić information content (AvgIpc) is 2.89. The van der Waals surface area contributed by atoms with Crippen LogP contribution >= 0.6 is 0 Å². The van der Waals surface area contributed by atoms with Crippen LogP contribution < -0.4 is 5.32 Å². The zero-order valence-electron chi connectivity index (χ0n) is 11.2. The van der Waals surface area contributed by atoms with Gasteiger partial charge in [0.2, 0.25) is 0 Å². The molecule has 2 rings (SSSR count). The van der Waals surface area contributed by atoms with E-state index >= 15 is 0 Å². The Morgan fingerprint density at radius 3 is 3.06 bits per heavy atom. The molecule has 1 N–H and O–H groups in total. The minimum absolute atomic E-state index is 0. The van der Waals surface area contributed by atoms with Crippen LogP contribution in [0.2, 0.25) is 0 Å². The molecule has 0 saturated carbocycles. The Kier molecular flexibility index (Phi) is 4.79. The first-order chi connectivity index (χ1) is 8.32. The lowest BCUT2D eigenvalue weighted by molar-refractivity contribution is -0.0735. The molecule has 0 radical (unpaired) electrons. The fourth-order valence-corrected chi connectivity index (χ4v) is 3.51. The van der Waals surface area contributed by atoms with Crippen LogP contribution in [0.1, 0.15) is 40.5 Å². The summed E-state index contributed by atoms with van der Waals surface area (Å²) in [6, 6.07) is 0.621. The standard InChI is InChI=1S/C13H26N2O2.H2/c1-3-13-6-4-8-15(13)12(5-7-13)9-16-11-17-10-14-2;/h12,14H,3-11H2,1-2H3;1H/t12-,13-;/m1./s1. The van der Waals surface area contributed by atoms with Gasteiger partial charge >= 0.3 is 0 Å². The van der Waals surface area contributed by atoms with Crippen molar-refractivity contribution in [2.45, 2.75) is 50.6 Å². The zero-order valence-corrected chi connectivity index (χ0v) is 11.2. The lowest BCUT2D eigenvalue weighted by atomic mass is 9.91.